The maximum absolute atomic E-state index is 14.2. The fraction of sp³-hybridized carbons (Fsp3) is 0.400. The Kier molecular flexibility index (Phi) is 9.41. The van der Waals surface area contributed by atoms with Gasteiger partial charge in [0.1, 0.15) is 0 Å². The number of benzene rings is 2. The van der Waals surface area contributed by atoms with E-state index in [4.69, 9.17) is 0 Å². The number of nitrogens with one attached hydrogen (secondary N) is 1. The van der Waals surface area contributed by atoms with Crippen LogP contribution >= 0.6 is 0 Å². The van der Waals surface area contributed by atoms with Gasteiger partial charge in [0.25, 0.3) is 5.91 Å². The fourth-order valence-corrected chi connectivity index (χ4v) is 5.08. The van der Waals surface area contributed by atoms with Gasteiger partial charge in [0, 0.05) is 25.4 Å². The Morgan fingerprint density at radius 2 is 1.60 bits per heavy atom. The van der Waals surface area contributed by atoms with Crippen LogP contribution in [0.25, 0.3) is 0 Å². The number of likely N-dealkylation sites (tertiary alicyclic amines) is 1. The number of pyridine rings is 1. The summed E-state index contributed by atoms with van der Waals surface area (Å²) in [5, 5.41) is 2.76. The van der Waals surface area contributed by atoms with Crippen molar-refractivity contribution in [1.82, 2.24) is 15.2 Å². The van der Waals surface area contributed by atoms with Gasteiger partial charge in [-0.2, -0.15) is 0 Å². The van der Waals surface area contributed by atoms with Crippen molar-refractivity contribution in [2.24, 2.45) is 5.92 Å². The normalized spacial score (nSPS) is 15.7. The molecule has 184 valence electrons. The van der Waals surface area contributed by atoms with E-state index in [1.165, 1.54) is 30.4 Å². The van der Waals surface area contributed by atoms with E-state index in [1.54, 1.807) is 24.5 Å². The summed E-state index contributed by atoms with van der Waals surface area (Å²) in [4.78, 5) is 18.6. The Morgan fingerprint density at radius 3 is 2.20 bits per heavy atom. The molecule has 4 nitrogen and oxygen atoms in total. The SMILES string of the molecule is O=C(NCCCCC1CCN(C(c2ccccc2)c2ccccc2)CC1)C(F)Cc1cccnc1. The highest BCUT2D eigenvalue weighted by atomic mass is 19.1. The van der Waals surface area contributed by atoms with E-state index in [0.717, 1.165) is 31.5 Å². The molecule has 1 aliphatic rings. The van der Waals surface area contributed by atoms with Crippen LogP contribution in [0.4, 0.5) is 4.39 Å². The molecular weight excluding hydrogens is 437 g/mol. The Labute approximate surface area is 208 Å². The summed E-state index contributed by atoms with van der Waals surface area (Å²) in [6.07, 6.45) is 7.31. The van der Waals surface area contributed by atoms with Crippen LogP contribution in [0, 0.1) is 5.92 Å². The molecule has 2 aromatic carbocycles. The fourth-order valence-electron chi connectivity index (χ4n) is 5.08. The van der Waals surface area contributed by atoms with Gasteiger partial charge < -0.3 is 5.32 Å². The number of alkyl halides is 1. The molecule has 35 heavy (non-hydrogen) atoms. The van der Waals surface area contributed by atoms with Crippen LogP contribution in [-0.2, 0) is 11.2 Å². The molecule has 1 amide bonds. The average molecular weight is 474 g/mol. The van der Waals surface area contributed by atoms with Crippen LogP contribution in [0.5, 0.6) is 0 Å². The highest BCUT2D eigenvalue weighted by Gasteiger charge is 2.27. The predicted molar refractivity (Wildman–Crippen MR) is 139 cm³/mol. The number of nitrogens with zero attached hydrogens (tertiary/aromatic N) is 2. The minimum atomic E-state index is -1.52. The smallest absolute Gasteiger partial charge is 0.254 e. The largest absolute Gasteiger partial charge is 0.354 e. The Balaban J connectivity index is 1.17. The number of carbonyl (C=O) groups excluding carboxylic acids is 1. The molecule has 1 N–H and O–H groups in total. The van der Waals surface area contributed by atoms with Gasteiger partial charge in [-0.25, -0.2) is 4.39 Å². The summed E-state index contributed by atoms with van der Waals surface area (Å²) in [7, 11) is 0. The van der Waals surface area contributed by atoms with E-state index in [0.29, 0.717) is 18.5 Å². The zero-order valence-electron chi connectivity index (χ0n) is 20.4. The summed E-state index contributed by atoms with van der Waals surface area (Å²) in [5.41, 5.74) is 3.44. The molecule has 1 aromatic heterocycles. The van der Waals surface area contributed by atoms with Gasteiger partial charge in [-0.15, -0.1) is 0 Å². The van der Waals surface area contributed by atoms with Crippen LogP contribution in [0.2, 0.25) is 0 Å². The van der Waals surface area contributed by atoms with E-state index in [9.17, 15) is 9.18 Å². The third-order valence-electron chi connectivity index (χ3n) is 7.01. The standard InChI is InChI=1S/C30H36FN3O/c31-28(22-25-11-9-18-32-23-25)30(35)33-19-8-7-10-24-16-20-34(21-17-24)29(26-12-3-1-4-13-26)27-14-5-2-6-15-27/h1-6,9,11-15,18,23-24,28-29H,7-8,10,16-17,19-22H2,(H,33,35). The molecule has 1 aliphatic heterocycles. The number of hydrogen-bond donors (Lipinski definition) is 1. The first-order valence-electron chi connectivity index (χ1n) is 12.9. The maximum atomic E-state index is 14.2. The molecule has 1 saturated heterocycles. The Bertz CT molecular complexity index is 968. The van der Waals surface area contributed by atoms with Gasteiger partial charge in [0.05, 0.1) is 6.04 Å². The summed E-state index contributed by atoms with van der Waals surface area (Å²) in [6.45, 7) is 2.72. The number of rotatable bonds is 11. The summed E-state index contributed by atoms with van der Waals surface area (Å²) < 4.78 is 14.2. The van der Waals surface area contributed by atoms with Crippen molar-refractivity contribution in [2.75, 3.05) is 19.6 Å². The lowest BCUT2D eigenvalue weighted by Gasteiger charge is -2.38. The van der Waals surface area contributed by atoms with Crippen molar-refractivity contribution >= 4 is 5.91 Å². The van der Waals surface area contributed by atoms with E-state index < -0.39 is 12.1 Å². The lowest BCUT2D eigenvalue weighted by Crippen LogP contribution is -2.37. The number of hydrogen-bond acceptors (Lipinski definition) is 3. The van der Waals surface area contributed by atoms with Gasteiger partial charge >= 0.3 is 0 Å². The second kappa shape index (κ2) is 13.1. The quantitative estimate of drug-likeness (QED) is 0.361. The van der Waals surface area contributed by atoms with Crippen molar-refractivity contribution in [3.05, 3.63) is 102 Å². The second-order valence-corrected chi connectivity index (χ2v) is 9.52. The number of unbranched alkanes of at least 4 members (excludes halogenated alkanes) is 1. The Morgan fingerprint density at radius 1 is 0.943 bits per heavy atom. The molecule has 3 aromatic rings. The molecule has 1 fully saturated rings. The van der Waals surface area contributed by atoms with Gasteiger partial charge in [0.15, 0.2) is 6.17 Å². The molecule has 5 heteroatoms. The van der Waals surface area contributed by atoms with Gasteiger partial charge in [-0.1, -0.05) is 79.6 Å². The number of piperidine rings is 1. The highest BCUT2D eigenvalue weighted by molar-refractivity contribution is 5.80. The molecule has 0 bridgehead atoms. The van der Waals surface area contributed by atoms with E-state index in [2.05, 4.69) is 75.9 Å². The lowest BCUT2D eigenvalue weighted by atomic mass is 9.88. The summed E-state index contributed by atoms with van der Waals surface area (Å²) >= 11 is 0. The average Bonchev–Trinajstić information content (AvgIpc) is 2.91. The van der Waals surface area contributed by atoms with Gasteiger partial charge in [-0.05, 0) is 61.0 Å². The number of aromatic nitrogens is 1. The first-order valence-corrected chi connectivity index (χ1v) is 12.9. The molecule has 0 aliphatic carbocycles. The molecule has 2 heterocycles. The molecule has 4 rings (SSSR count). The first-order chi connectivity index (χ1) is 17.2. The third kappa shape index (κ3) is 7.46. The van der Waals surface area contributed by atoms with Crippen molar-refractivity contribution < 1.29 is 9.18 Å². The lowest BCUT2D eigenvalue weighted by molar-refractivity contribution is -0.125. The topological polar surface area (TPSA) is 45.2 Å². The first kappa shape index (κ1) is 25.1. The van der Waals surface area contributed by atoms with E-state index in [-0.39, 0.29) is 6.42 Å². The monoisotopic (exact) mass is 473 g/mol. The second-order valence-electron chi connectivity index (χ2n) is 9.52. The highest BCUT2D eigenvalue weighted by Crippen LogP contribution is 2.33. The van der Waals surface area contributed by atoms with Crippen molar-refractivity contribution in [1.29, 1.82) is 0 Å². The molecule has 1 atom stereocenters. The van der Waals surface area contributed by atoms with E-state index in [1.807, 2.05) is 0 Å². The summed E-state index contributed by atoms with van der Waals surface area (Å²) in [6, 6.07) is 25.4. The van der Waals surface area contributed by atoms with Crippen molar-refractivity contribution in [3.8, 4) is 0 Å². The minimum Gasteiger partial charge on any atom is -0.354 e. The summed E-state index contributed by atoms with van der Waals surface area (Å²) in [5.74, 6) is 0.198. The van der Waals surface area contributed by atoms with Crippen molar-refractivity contribution in [3.63, 3.8) is 0 Å². The number of amides is 1. The van der Waals surface area contributed by atoms with Crippen LogP contribution in [0.3, 0.4) is 0 Å². The van der Waals surface area contributed by atoms with Crippen LogP contribution in [0.15, 0.2) is 85.2 Å². The number of halogens is 1. The maximum Gasteiger partial charge on any atom is 0.254 e. The van der Waals surface area contributed by atoms with Gasteiger partial charge in [-0.3, -0.25) is 14.7 Å². The minimum absolute atomic E-state index is 0.0746. The Hall–Kier alpha value is -3.05. The van der Waals surface area contributed by atoms with Crippen molar-refractivity contribution in [2.45, 2.75) is 50.7 Å². The van der Waals surface area contributed by atoms with Gasteiger partial charge in [0.2, 0.25) is 0 Å². The molecule has 0 radical (unpaired) electrons. The van der Waals surface area contributed by atoms with E-state index >= 15 is 0 Å². The van der Waals surface area contributed by atoms with Crippen LogP contribution in [0.1, 0.15) is 54.8 Å². The third-order valence-corrected chi connectivity index (χ3v) is 7.01. The predicted octanol–water partition coefficient (Wildman–Crippen LogP) is 5.75. The molecule has 0 saturated carbocycles. The van der Waals surface area contributed by atoms with Crippen LogP contribution in [-0.4, -0.2) is 41.6 Å². The molecule has 0 spiro atoms. The zero-order chi connectivity index (χ0) is 24.3. The number of carbonyl (C=O) groups is 1. The molecule has 1 unspecified atom stereocenters. The molecular formula is C30H36FN3O. The zero-order valence-corrected chi connectivity index (χ0v) is 20.4. The van der Waals surface area contributed by atoms with Crippen LogP contribution < -0.4 is 5.32 Å².